The number of unbranched alkanes of at least 4 members (excludes halogenated alkanes) is 1. The molecule has 3 nitrogen and oxygen atoms in total. The minimum atomic E-state index is -0.349. The SMILES string of the molecule is CCCCc1cc2sc(C(=O)Oc3ccc(C#N)cc3)cc2s1. The molecule has 3 rings (SSSR count). The lowest BCUT2D eigenvalue weighted by Gasteiger charge is -2.01. The molecule has 0 fully saturated rings. The average molecular weight is 341 g/mol. The molecule has 0 saturated heterocycles. The van der Waals surface area contributed by atoms with Crippen molar-refractivity contribution in [2.45, 2.75) is 26.2 Å². The number of rotatable bonds is 5. The van der Waals surface area contributed by atoms with Gasteiger partial charge in [0.2, 0.25) is 0 Å². The largest absolute Gasteiger partial charge is 0.422 e. The fourth-order valence-corrected chi connectivity index (χ4v) is 4.56. The van der Waals surface area contributed by atoms with E-state index in [-0.39, 0.29) is 5.97 Å². The lowest BCUT2D eigenvalue weighted by Crippen LogP contribution is -2.06. The number of hydrogen-bond donors (Lipinski definition) is 0. The van der Waals surface area contributed by atoms with E-state index >= 15 is 0 Å². The van der Waals surface area contributed by atoms with Gasteiger partial charge in [-0.05, 0) is 49.2 Å². The summed E-state index contributed by atoms with van der Waals surface area (Å²) in [5, 5.41) is 8.77. The third kappa shape index (κ3) is 3.61. The second kappa shape index (κ2) is 6.95. The third-order valence-corrected chi connectivity index (χ3v) is 5.76. The summed E-state index contributed by atoms with van der Waals surface area (Å²) < 4.78 is 7.65. The molecule has 0 radical (unpaired) electrons. The van der Waals surface area contributed by atoms with Gasteiger partial charge in [0.25, 0.3) is 0 Å². The van der Waals surface area contributed by atoms with E-state index in [1.807, 2.05) is 12.1 Å². The van der Waals surface area contributed by atoms with Crippen molar-refractivity contribution in [3.8, 4) is 11.8 Å². The van der Waals surface area contributed by atoms with Crippen molar-refractivity contribution >= 4 is 38.0 Å². The van der Waals surface area contributed by atoms with E-state index in [9.17, 15) is 4.79 Å². The number of nitriles is 1. The zero-order valence-corrected chi connectivity index (χ0v) is 14.3. The standard InChI is InChI=1S/C18H15NO2S2/c1-2-3-4-14-9-15-16(22-14)10-17(23-15)18(20)21-13-7-5-12(11-19)6-8-13/h5-10H,2-4H2,1H3. The van der Waals surface area contributed by atoms with Gasteiger partial charge in [-0.25, -0.2) is 4.79 Å². The van der Waals surface area contributed by atoms with Gasteiger partial charge in [0.15, 0.2) is 0 Å². The van der Waals surface area contributed by atoms with E-state index < -0.39 is 0 Å². The number of hydrogen-bond acceptors (Lipinski definition) is 5. The predicted octanol–water partition coefficient (Wildman–Crippen LogP) is 5.40. The number of aryl methyl sites for hydroxylation is 1. The molecule has 0 saturated carbocycles. The summed E-state index contributed by atoms with van der Waals surface area (Å²) in [6.07, 6.45) is 3.49. The van der Waals surface area contributed by atoms with Crippen molar-refractivity contribution in [1.29, 1.82) is 5.26 Å². The quantitative estimate of drug-likeness (QED) is 0.461. The van der Waals surface area contributed by atoms with Crippen LogP contribution in [0, 0.1) is 11.3 Å². The molecule has 5 heteroatoms. The van der Waals surface area contributed by atoms with Crippen LogP contribution in [0.2, 0.25) is 0 Å². The van der Waals surface area contributed by atoms with Crippen LogP contribution in [0.25, 0.3) is 9.40 Å². The molecule has 1 aromatic carbocycles. The zero-order chi connectivity index (χ0) is 16.2. The van der Waals surface area contributed by atoms with Crippen LogP contribution in [-0.4, -0.2) is 5.97 Å². The van der Waals surface area contributed by atoms with Crippen LogP contribution in [-0.2, 0) is 6.42 Å². The molecule has 116 valence electrons. The molecule has 2 heterocycles. The van der Waals surface area contributed by atoms with Crippen LogP contribution in [0.5, 0.6) is 5.75 Å². The van der Waals surface area contributed by atoms with Crippen molar-refractivity contribution in [2.75, 3.05) is 0 Å². The van der Waals surface area contributed by atoms with Crippen molar-refractivity contribution < 1.29 is 9.53 Å². The van der Waals surface area contributed by atoms with Crippen molar-refractivity contribution in [2.24, 2.45) is 0 Å². The molecular formula is C18H15NO2S2. The summed E-state index contributed by atoms with van der Waals surface area (Å²) in [4.78, 5) is 14.2. The van der Waals surface area contributed by atoms with Gasteiger partial charge in [-0.2, -0.15) is 5.26 Å². The second-order valence-electron chi connectivity index (χ2n) is 5.18. The van der Waals surface area contributed by atoms with Crippen LogP contribution < -0.4 is 4.74 Å². The molecule has 2 aromatic heterocycles. The number of fused-ring (bicyclic) bond motifs is 1. The van der Waals surface area contributed by atoms with E-state index in [1.165, 1.54) is 29.1 Å². The molecule has 0 aliphatic rings. The lowest BCUT2D eigenvalue weighted by molar-refractivity contribution is 0.0740. The first kappa shape index (κ1) is 15.7. The van der Waals surface area contributed by atoms with Crippen LogP contribution >= 0.6 is 22.7 Å². The van der Waals surface area contributed by atoms with E-state index in [0.717, 1.165) is 15.8 Å². The number of benzene rings is 1. The minimum Gasteiger partial charge on any atom is -0.422 e. The van der Waals surface area contributed by atoms with Gasteiger partial charge in [0.1, 0.15) is 10.6 Å². The Morgan fingerprint density at radius 1 is 1.17 bits per heavy atom. The van der Waals surface area contributed by atoms with Crippen molar-refractivity contribution in [3.63, 3.8) is 0 Å². The number of carbonyl (C=O) groups is 1. The summed E-state index contributed by atoms with van der Waals surface area (Å²) in [6, 6.07) is 12.7. The van der Waals surface area contributed by atoms with E-state index in [4.69, 9.17) is 10.00 Å². The monoisotopic (exact) mass is 341 g/mol. The number of thiophene rings is 2. The van der Waals surface area contributed by atoms with Crippen LogP contribution in [0.3, 0.4) is 0 Å². The third-order valence-electron chi connectivity index (χ3n) is 3.43. The molecule has 3 aromatic rings. The molecule has 0 aliphatic heterocycles. The summed E-state index contributed by atoms with van der Waals surface area (Å²) >= 11 is 3.22. The highest BCUT2D eigenvalue weighted by Crippen LogP contribution is 2.34. The first-order valence-electron chi connectivity index (χ1n) is 7.44. The summed E-state index contributed by atoms with van der Waals surface area (Å²) in [5.74, 6) is 0.104. The van der Waals surface area contributed by atoms with E-state index in [0.29, 0.717) is 16.2 Å². The summed E-state index contributed by atoms with van der Waals surface area (Å²) in [7, 11) is 0. The average Bonchev–Trinajstić information content (AvgIpc) is 3.12. The topological polar surface area (TPSA) is 50.1 Å². The smallest absolute Gasteiger partial charge is 0.353 e. The van der Waals surface area contributed by atoms with Gasteiger partial charge in [-0.3, -0.25) is 0 Å². The maximum Gasteiger partial charge on any atom is 0.353 e. The first-order chi connectivity index (χ1) is 11.2. The first-order valence-corrected chi connectivity index (χ1v) is 9.07. The second-order valence-corrected chi connectivity index (χ2v) is 7.43. The lowest BCUT2D eigenvalue weighted by atomic mass is 10.2. The molecule has 0 atom stereocenters. The molecule has 0 unspecified atom stereocenters. The minimum absolute atomic E-state index is 0.349. The maximum absolute atomic E-state index is 12.2. The Kier molecular flexibility index (Phi) is 4.75. The van der Waals surface area contributed by atoms with Gasteiger partial charge in [-0.15, -0.1) is 22.7 Å². The summed E-state index contributed by atoms with van der Waals surface area (Å²) in [6.45, 7) is 2.19. The highest BCUT2D eigenvalue weighted by atomic mass is 32.1. The highest BCUT2D eigenvalue weighted by Gasteiger charge is 2.14. The van der Waals surface area contributed by atoms with Gasteiger partial charge >= 0.3 is 5.97 Å². The number of nitrogens with zero attached hydrogens (tertiary/aromatic N) is 1. The fraction of sp³-hybridized carbons (Fsp3) is 0.222. The zero-order valence-electron chi connectivity index (χ0n) is 12.7. The number of carbonyl (C=O) groups excluding carboxylic acids is 1. The predicted molar refractivity (Wildman–Crippen MR) is 94.4 cm³/mol. The Bertz CT molecular complexity index is 837. The number of ether oxygens (including phenoxy) is 1. The van der Waals surface area contributed by atoms with Gasteiger partial charge < -0.3 is 4.74 Å². The molecule has 23 heavy (non-hydrogen) atoms. The van der Waals surface area contributed by atoms with Crippen molar-refractivity contribution in [1.82, 2.24) is 0 Å². The van der Waals surface area contributed by atoms with E-state index in [2.05, 4.69) is 13.0 Å². The normalized spacial score (nSPS) is 10.6. The van der Waals surface area contributed by atoms with Crippen LogP contribution in [0.4, 0.5) is 0 Å². The van der Waals surface area contributed by atoms with E-state index in [1.54, 1.807) is 35.6 Å². The summed E-state index contributed by atoms with van der Waals surface area (Å²) in [5.41, 5.74) is 0.543. The molecule has 0 N–H and O–H groups in total. The number of esters is 1. The molecular weight excluding hydrogens is 326 g/mol. The molecule has 0 spiro atoms. The van der Waals surface area contributed by atoms with Crippen LogP contribution in [0.15, 0.2) is 36.4 Å². The van der Waals surface area contributed by atoms with Gasteiger partial charge in [0, 0.05) is 14.3 Å². The highest BCUT2D eigenvalue weighted by molar-refractivity contribution is 7.28. The maximum atomic E-state index is 12.2. The Morgan fingerprint density at radius 3 is 2.57 bits per heavy atom. The Balaban J connectivity index is 1.72. The Morgan fingerprint density at radius 2 is 1.91 bits per heavy atom. The molecule has 0 aliphatic carbocycles. The van der Waals surface area contributed by atoms with Crippen molar-refractivity contribution in [3.05, 3.63) is 51.7 Å². The van der Waals surface area contributed by atoms with Gasteiger partial charge in [0.05, 0.1) is 11.6 Å². The fourth-order valence-electron chi connectivity index (χ4n) is 2.22. The van der Waals surface area contributed by atoms with Crippen LogP contribution in [0.1, 0.15) is 39.9 Å². The van der Waals surface area contributed by atoms with Gasteiger partial charge in [-0.1, -0.05) is 13.3 Å². The molecule has 0 bridgehead atoms. The Labute approximate surface area is 142 Å². The Hall–Kier alpha value is -2.16. The molecule has 0 amide bonds.